The number of nitrogens with zero attached hydrogens (tertiary/aromatic N) is 1. The van der Waals surface area contributed by atoms with Crippen LogP contribution >= 0.6 is 11.3 Å². The molecule has 0 spiro atoms. The molecule has 8 heteroatoms. The Bertz CT molecular complexity index is 847. The molecule has 0 unspecified atom stereocenters. The zero-order valence-electron chi connectivity index (χ0n) is 14.2. The number of nitrogens with one attached hydrogen (secondary N) is 1. The Morgan fingerprint density at radius 1 is 1.27 bits per heavy atom. The molecule has 0 aliphatic carbocycles. The molecule has 1 aromatic carbocycles. The van der Waals surface area contributed by atoms with E-state index in [0.717, 1.165) is 10.4 Å². The lowest BCUT2D eigenvalue weighted by molar-refractivity contribution is -0.129. The van der Waals surface area contributed by atoms with Gasteiger partial charge in [0.2, 0.25) is 5.91 Å². The minimum absolute atomic E-state index is 0.0577. The summed E-state index contributed by atoms with van der Waals surface area (Å²) in [5, 5.41) is 12.3. The number of aromatic carboxylic acids is 1. The highest BCUT2D eigenvalue weighted by atomic mass is 32.1. The quantitative estimate of drug-likeness (QED) is 0.857. The van der Waals surface area contributed by atoms with Crippen LogP contribution in [-0.4, -0.2) is 34.5 Å². The molecule has 0 bridgehead atoms. The first-order valence-corrected chi connectivity index (χ1v) is 8.88. The number of rotatable bonds is 4. The number of carbonyl (C=O) groups is 3. The smallest absolute Gasteiger partial charge is 0.412 e. The van der Waals surface area contributed by atoms with E-state index in [2.05, 4.69) is 5.32 Å². The molecule has 0 radical (unpaired) electrons. The second-order valence-corrected chi connectivity index (χ2v) is 7.00. The fraction of sp³-hybridized carbons (Fsp3) is 0.278. The molecule has 2 heterocycles. The van der Waals surface area contributed by atoms with Crippen LogP contribution < -0.4 is 5.32 Å². The number of anilines is 1. The van der Waals surface area contributed by atoms with E-state index < -0.39 is 12.1 Å². The van der Waals surface area contributed by atoms with E-state index in [0.29, 0.717) is 25.1 Å². The van der Waals surface area contributed by atoms with E-state index in [9.17, 15) is 19.5 Å². The molecule has 7 nitrogen and oxygen atoms in total. The molecule has 0 fully saturated rings. The third kappa shape index (κ3) is 3.85. The van der Waals surface area contributed by atoms with Gasteiger partial charge in [0.1, 0.15) is 11.6 Å². The van der Waals surface area contributed by atoms with Crippen LogP contribution in [0, 0.1) is 0 Å². The molecule has 26 heavy (non-hydrogen) atoms. The molecule has 1 aliphatic heterocycles. The molecule has 2 aromatic rings. The summed E-state index contributed by atoms with van der Waals surface area (Å²) in [5.41, 5.74) is 1.60. The van der Waals surface area contributed by atoms with Crippen molar-refractivity contribution in [3.05, 3.63) is 51.9 Å². The van der Waals surface area contributed by atoms with E-state index in [4.69, 9.17) is 4.74 Å². The molecule has 1 aliphatic rings. The molecule has 0 saturated carbocycles. The summed E-state index contributed by atoms with van der Waals surface area (Å²) in [6.45, 7) is 2.41. The van der Waals surface area contributed by atoms with Gasteiger partial charge in [0.15, 0.2) is 0 Å². The maximum absolute atomic E-state index is 12.1. The molecular weight excluding hydrogens is 356 g/mol. The third-order valence-electron chi connectivity index (χ3n) is 4.14. The molecular formula is C18H18N2O5S. The average Bonchev–Trinajstić information content (AvgIpc) is 2.97. The lowest BCUT2D eigenvalue weighted by atomic mass is 10.0. The average molecular weight is 374 g/mol. The van der Waals surface area contributed by atoms with Crippen molar-refractivity contribution in [3.63, 3.8) is 0 Å². The molecule has 0 atom stereocenters. The van der Waals surface area contributed by atoms with Gasteiger partial charge in [0.25, 0.3) is 0 Å². The molecule has 3 rings (SSSR count). The number of carboxylic acids is 1. The molecule has 2 amide bonds. The Morgan fingerprint density at radius 2 is 2.00 bits per heavy atom. The first kappa shape index (κ1) is 17.9. The minimum Gasteiger partial charge on any atom is -0.478 e. The number of carboxylic acid groups (broad SMARTS) is 1. The van der Waals surface area contributed by atoms with Crippen LogP contribution in [0.25, 0.3) is 0 Å². The summed E-state index contributed by atoms with van der Waals surface area (Å²) in [4.78, 5) is 37.7. The lowest BCUT2D eigenvalue weighted by Crippen LogP contribution is -2.33. The zero-order chi connectivity index (χ0) is 18.7. The summed E-state index contributed by atoms with van der Waals surface area (Å²) < 4.78 is 5.16. The van der Waals surface area contributed by atoms with Gasteiger partial charge in [-0.1, -0.05) is 30.3 Å². The Hall–Kier alpha value is -2.87. The lowest BCUT2D eigenvalue weighted by Gasteiger charge is -2.25. The van der Waals surface area contributed by atoms with Crippen LogP contribution in [0.15, 0.2) is 30.3 Å². The van der Waals surface area contributed by atoms with Crippen molar-refractivity contribution >= 4 is 34.3 Å². The van der Waals surface area contributed by atoms with E-state index >= 15 is 0 Å². The normalized spacial score (nSPS) is 13.0. The zero-order valence-corrected chi connectivity index (χ0v) is 15.0. The monoisotopic (exact) mass is 374 g/mol. The summed E-state index contributed by atoms with van der Waals surface area (Å²) in [5.74, 6) is -1.16. The van der Waals surface area contributed by atoms with Gasteiger partial charge in [0.05, 0.1) is 12.1 Å². The van der Waals surface area contributed by atoms with Crippen molar-refractivity contribution in [3.8, 4) is 0 Å². The SMILES string of the molecule is CC(=O)N1CCc2c(sc(NC(=O)OCc3ccccc3)c2C(=O)O)C1. The second kappa shape index (κ2) is 7.57. The van der Waals surface area contributed by atoms with Gasteiger partial charge < -0.3 is 14.7 Å². The van der Waals surface area contributed by atoms with Gasteiger partial charge >= 0.3 is 12.1 Å². The third-order valence-corrected chi connectivity index (χ3v) is 5.28. The van der Waals surface area contributed by atoms with Gasteiger partial charge in [-0.25, -0.2) is 9.59 Å². The number of ether oxygens (including phenoxy) is 1. The van der Waals surface area contributed by atoms with Crippen LogP contribution in [0.4, 0.5) is 9.80 Å². The topological polar surface area (TPSA) is 95.9 Å². The van der Waals surface area contributed by atoms with Gasteiger partial charge in [0, 0.05) is 18.3 Å². The Balaban J connectivity index is 1.74. The van der Waals surface area contributed by atoms with Crippen LogP contribution in [0.5, 0.6) is 0 Å². The van der Waals surface area contributed by atoms with Crippen LogP contribution in [0.1, 0.15) is 33.3 Å². The van der Waals surface area contributed by atoms with Crippen molar-refractivity contribution in [2.24, 2.45) is 0 Å². The van der Waals surface area contributed by atoms with E-state index in [1.165, 1.54) is 18.3 Å². The number of thiophene rings is 1. The number of amides is 2. The van der Waals surface area contributed by atoms with Gasteiger partial charge in [-0.15, -0.1) is 11.3 Å². The Morgan fingerprint density at radius 3 is 2.65 bits per heavy atom. The van der Waals surface area contributed by atoms with Gasteiger partial charge in [-0.3, -0.25) is 10.1 Å². The highest BCUT2D eigenvalue weighted by Crippen LogP contribution is 2.37. The maximum Gasteiger partial charge on any atom is 0.412 e. The van der Waals surface area contributed by atoms with Crippen molar-refractivity contribution < 1.29 is 24.2 Å². The van der Waals surface area contributed by atoms with Gasteiger partial charge in [-0.2, -0.15) is 0 Å². The number of hydrogen-bond donors (Lipinski definition) is 2. The molecule has 1 aromatic heterocycles. The van der Waals surface area contributed by atoms with Crippen LogP contribution in [-0.2, 0) is 29.1 Å². The first-order valence-electron chi connectivity index (χ1n) is 8.06. The highest BCUT2D eigenvalue weighted by Gasteiger charge is 2.29. The Kier molecular flexibility index (Phi) is 5.22. The standard InChI is InChI=1S/C18H18N2O5S/c1-11(21)20-8-7-13-14(9-20)26-16(15(13)17(22)23)19-18(24)25-10-12-5-3-2-4-6-12/h2-6H,7-10H2,1H3,(H,19,24)(H,22,23). The Labute approximate surface area is 154 Å². The van der Waals surface area contributed by atoms with Crippen molar-refractivity contribution in [2.45, 2.75) is 26.5 Å². The largest absolute Gasteiger partial charge is 0.478 e. The van der Waals surface area contributed by atoms with Crippen LogP contribution in [0.3, 0.4) is 0 Å². The van der Waals surface area contributed by atoms with E-state index in [1.54, 1.807) is 4.90 Å². The highest BCUT2D eigenvalue weighted by molar-refractivity contribution is 7.17. The fourth-order valence-corrected chi connectivity index (χ4v) is 4.08. The molecule has 136 valence electrons. The fourth-order valence-electron chi connectivity index (χ4n) is 2.84. The van der Waals surface area contributed by atoms with Crippen molar-refractivity contribution in [1.82, 2.24) is 4.90 Å². The second-order valence-electron chi connectivity index (χ2n) is 5.89. The summed E-state index contributed by atoms with van der Waals surface area (Å²) in [7, 11) is 0. The number of fused-ring (bicyclic) bond motifs is 1. The predicted molar refractivity (Wildman–Crippen MR) is 96.3 cm³/mol. The summed E-state index contributed by atoms with van der Waals surface area (Å²) in [6.07, 6.45) is -0.258. The number of carbonyl (C=O) groups excluding carboxylic acids is 2. The summed E-state index contributed by atoms with van der Waals surface area (Å²) >= 11 is 1.17. The van der Waals surface area contributed by atoms with E-state index in [-0.39, 0.29) is 23.1 Å². The summed E-state index contributed by atoms with van der Waals surface area (Å²) in [6, 6.07) is 9.20. The van der Waals surface area contributed by atoms with Crippen molar-refractivity contribution in [2.75, 3.05) is 11.9 Å². The molecule has 2 N–H and O–H groups in total. The predicted octanol–water partition coefficient (Wildman–Crippen LogP) is 3.10. The molecule has 0 saturated heterocycles. The maximum atomic E-state index is 12.1. The van der Waals surface area contributed by atoms with Crippen LogP contribution in [0.2, 0.25) is 0 Å². The van der Waals surface area contributed by atoms with E-state index in [1.807, 2.05) is 30.3 Å². The number of hydrogen-bond acceptors (Lipinski definition) is 5. The van der Waals surface area contributed by atoms with Crippen molar-refractivity contribution in [1.29, 1.82) is 0 Å². The van der Waals surface area contributed by atoms with Gasteiger partial charge in [-0.05, 0) is 17.5 Å². The first-order chi connectivity index (χ1) is 12.5. The number of benzene rings is 1. The minimum atomic E-state index is -1.10.